The quantitative estimate of drug-likeness (QED) is 0.875. The fourth-order valence-electron chi connectivity index (χ4n) is 1.26. The predicted octanol–water partition coefficient (Wildman–Crippen LogP) is 3.45. The Kier molecular flexibility index (Phi) is 3.79. The van der Waals surface area contributed by atoms with Gasteiger partial charge in [-0.05, 0) is 12.1 Å². The number of hydrogen-bond donors (Lipinski definition) is 1. The number of para-hydroxylation sites is 2. The fraction of sp³-hybridized carbons (Fsp3) is 0.200. The molecule has 0 saturated heterocycles. The van der Waals surface area contributed by atoms with Crippen LogP contribution in [0.3, 0.4) is 0 Å². The van der Waals surface area contributed by atoms with Gasteiger partial charge in [-0.15, -0.1) is 29.9 Å². The van der Waals surface area contributed by atoms with Crippen LogP contribution in [0.25, 0.3) is 0 Å². The molecular weight excluding hydrogens is 287 g/mol. The van der Waals surface area contributed by atoms with Crippen molar-refractivity contribution in [3.8, 4) is 5.75 Å². The third-order valence-corrected chi connectivity index (χ3v) is 2.16. The Bertz CT molecular complexity index is 559. The van der Waals surface area contributed by atoms with Crippen LogP contribution in [0, 0.1) is 0 Å². The molecule has 1 aromatic carbocycles. The fourth-order valence-corrected chi connectivity index (χ4v) is 1.36. The highest BCUT2D eigenvalue weighted by Crippen LogP contribution is 2.31. The molecule has 0 aliphatic heterocycles. The number of nitrogens with one attached hydrogen (secondary N) is 1. The van der Waals surface area contributed by atoms with Crippen LogP contribution in [-0.2, 0) is 5.88 Å². The molecule has 5 nitrogen and oxygen atoms in total. The van der Waals surface area contributed by atoms with Gasteiger partial charge in [-0.1, -0.05) is 17.2 Å². The second-order valence-electron chi connectivity index (χ2n) is 3.30. The molecule has 2 rings (SSSR count). The van der Waals surface area contributed by atoms with Crippen molar-refractivity contribution in [3.63, 3.8) is 0 Å². The Morgan fingerprint density at radius 3 is 2.63 bits per heavy atom. The Morgan fingerprint density at radius 1 is 1.26 bits per heavy atom. The van der Waals surface area contributed by atoms with Gasteiger partial charge < -0.3 is 14.5 Å². The number of nitrogens with zero attached hydrogens (tertiary/aromatic N) is 2. The van der Waals surface area contributed by atoms with Crippen molar-refractivity contribution in [1.29, 1.82) is 0 Å². The van der Waals surface area contributed by atoms with Crippen LogP contribution in [-0.4, -0.2) is 16.6 Å². The second kappa shape index (κ2) is 5.35. The monoisotopic (exact) mass is 293 g/mol. The molecule has 2 aromatic rings. The van der Waals surface area contributed by atoms with Crippen LogP contribution in [0.4, 0.5) is 24.9 Å². The van der Waals surface area contributed by atoms with Crippen molar-refractivity contribution in [2.75, 3.05) is 5.32 Å². The summed E-state index contributed by atoms with van der Waals surface area (Å²) in [5.74, 6) is -0.242. The molecule has 102 valence electrons. The van der Waals surface area contributed by atoms with Crippen molar-refractivity contribution in [2.24, 2.45) is 0 Å². The molecule has 0 atom stereocenters. The number of halogens is 4. The predicted molar refractivity (Wildman–Crippen MR) is 60.3 cm³/mol. The van der Waals surface area contributed by atoms with Crippen LogP contribution >= 0.6 is 11.6 Å². The van der Waals surface area contributed by atoms with Gasteiger partial charge in [0.15, 0.2) is 5.75 Å². The van der Waals surface area contributed by atoms with Gasteiger partial charge in [0.1, 0.15) is 5.88 Å². The number of aromatic nitrogens is 2. The van der Waals surface area contributed by atoms with Gasteiger partial charge in [-0.25, -0.2) is 0 Å². The summed E-state index contributed by atoms with van der Waals surface area (Å²) in [5, 5.41) is 9.66. The van der Waals surface area contributed by atoms with Gasteiger partial charge in [0.2, 0.25) is 5.89 Å². The van der Waals surface area contributed by atoms with E-state index in [4.69, 9.17) is 16.0 Å². The maximum atomic E-state index is 12.2. The first kappa shape index (κ1) is 13.5. The Balaban J connectivity index is 2.20. The highest BCUT2D eigenvalue weighted by molar-refractivity contribution is 6.16. The molecule has 0 bridgehead atoms. The van der Waals surface area contributed by atoms with Gasteiger partial charge in [0, 0.05) is 0 Å². The number of alkyl halides is 4. The lowest BCUT2D eigenvalue weighted by molar-refractivity contribution is -0.274. The highest BCUT2D eigenvalue weighted by atomic mass is 35.5. The maximum Gasteiger partial charge on any atom is 0.573 e. The van der Waals surface area contributed by atoms with Crippen LogP contribution in [0.5, 0.6) is 5.75 Å². The molecule has 1 N–H and O–H groups in total. The van der Waals surface area contributed by atoms with Crippen molar-refractivity contribution < 1.29 is 22.3 Å². The van der Waals surface area contributed by atoms with Crippen LogP contribution < -0.4 is 10.1 Å². The SMILES string of the molecule is FC(F)(F)Oc1ccccc1Nc1nnc(CCl)o1. The molecule has 9 heteroatoms. The average Bonchev–Trinajstić information content (AvgIpc) is 2.78. The molecule has 0 fully saturated rings. The molecule has 0 aliphatic carbocycles. The number of anilines is 2. The van der Waals surface area contributed by atoms with Crippen LogP contribution in [0.2, 0.25) is 0 Å². The van der Waals surface area contributed by atoms with Crippen LogP contribution in [0.1, 0.15) is 5.89 Å². The molecule has 0 radical (unpaired) electrons. The van der Waals surface area contributed by atoms with E-state index in [-0.39, 0.29) is 23.5 Å². The average molecular weight is 294 g/mol. The van der Waals surface area contributed by atoms with Crippen molar-refractivity contribution in [1.82, 2.24) is 10.2 Å². The Hall–Kier alpha value is -1.96. The molecule has 0 saturated carbocycles. The third kappa shape index (κ3) is 3.75. The van der Waals surface area contributed by atoms with E-state index in [0.717, 1.165) is 6.07 Å². The summed E-state index contributed by atoms with van der Waals surface area (Å²) in [6.45, 7) is 0. The first-order valence-electron chi connectivity index (χ1n) is 4.98. The van der Waals surface area contributed by atoms with E-state index in [1.165, 1.54) is 18.2 Å². The normalized spacial score (nSPS) is 11.4. The smallest absolute Gasteiger partial charge is 0.407 e. The molecule has 0 aliphatic rings. The summed E-state index contributed by atoms with van der Waals surface area (Å²) in [6, 6.07) is 5.41. The van der Waals surface area contributed by atoms with E-state index < -0.39 is 12.1 Å². The van der Waals surface area contributed by atoms with Crippen molar-refractivity contribution in [2.45, 2.75) is 12.2 Å². The van der Waals surface area contributed by atoms with Gasteiger partial charge in [0.05, 0.1) is 5.69 Å². The lowest BCUT2D eigenvalue weighted by Gasteiger charge is -2.12. The minimum Gasteiger partial charge on any atom is -0.407 e. The van der Waals surface area contributed by atoms with E-state index in [1.807, 2.05) is 0 Å². The summed E-state index contributed by atoms with van der Waals surface area (Å²) in [7, 11) is 0. The largest absolute Gasteiger partial charge is 0.573 e. The zero-order valence-corrected chi connectivity index (χ0v) is 10.00. The summed E-state index contributed by atoms with van der Waals surface area (Å²) in [4.78, 5) is 0. The zero-order valence-electron chi connectivity index (χ0n) is 9.24. The van der Waals surface area contributed by atoms with E-state index in [0.29, 0.717) is 0 Å². The lowest BCUT2D eigenvalue weighted by atomic mass is 10.3. The van der Waals surface area contributed by atoms with E-state index in [2.05, 4.69) is 20.3 Å². The first-order chi connectivity index (χ1) is 8.98. The lowest BCUT2D eigenvalue weighted by Crippen LogP contribution is -2.17. The van der Waals surface area contributed by atoms with Gasteiger partial charge in [0.25, 0.3) is 0 Å². The van der Waals surface area contributed by atoms with E-state index >= 15 is 0 Å². The summed E-state index contributed by atoms with van der Waals surface area (Å²) < 4.78 is 45.5. The molecule has 19 heavy (non-hydrogen) atoms. The maximum absolute atomic E-state index is 12.2. The number of rotatable bonds is 4. The van der Waals surface area contributed by atoms with Crippen molar-refractivity contribution >= 4 is 23.3 Å². The zero-order chi connectivity index (χ0) is 13.9. The number of ether oxygens (including phenoxy) is 1. The molecule has 0 amide bonds. The minimum absolute atomic E-state index is 0.00930. The van der Waals surface area contributed by atoms with E-state index in [1.54, 1.807) is 0 Å². The van der Waals surface area contributed by atoms with Gasteiger partial charge >= 0.3 is 12.4 Å². The van der Waals surface area contributed by atoms with Crippen molar-refractivity contribution in [3.05, 3.63) is 30.2 Å². The summed E-state index contributed by atoms with van der Waals surface area (Å²) in [6.07, 6.45) is -4.78. The number of hydrogen-bond acceptors (Lipinski definition) is 5. The first-order valence-corrected chi connectivity index (χ1v) is 5.51. The third-order valence-electron chi connectivity index (χ3n) is 1.94. The Labute approximate surface area is 110 Å². The summed E-state index contributed by atoms with van der Waals surface area (Å²) >= 11 is 5.46. The molecule has 1 aromatic heterocycles. The molecular formula is C10H7ClF3N3O2. The standard InChI is InChI=1S/C10H7ClF3N3O2/c11-5-8-16-17-9(18-8)15-6-3-1-2-4-7(6)19-10(12,13)14/h1-4H,5H2,(H,15,17). The minimum atomic E-state index is -4.78. The van der Waals surface area contributed by atoms with E-state index in [9.17, 15) is 13.2 Å². The number of benzene rings is 1. The van der Waals surface area contributed by atoms with Gasteiger partial charge in [-0.2, -0.15) is 0 Å². The topological polar surface area (TPSA) is 60.2 Å². The molecule has 1 heterocycles. The van der Waals surface area contributed by atoms with Gasteiger partial charge in [-0.3, -0.25) is 0 Å². The Morgan fingerprint density at radius 2 is 2.00 bits per heavy atom. The summed E-state index contributed by atoms with van der Waals surface area (Å²) in [5.41, 5.74) is 0.0459. The molecule has 0 unspecified atom stereocenters. The van der Waals surface area contributed by atoms with Crippen LogP contribution in [0.15, 0.2) is 28.7 Å². The highest BCUT2D eigenvalue weighted by Gasteiger charge is 2.32. The second-order valence-corrected chi connectivity index (χ2v) is 3.57. The molecule has 0 spiro atoms.